The van der Waals surface area contributed by atoms with Crippen LogP contribution in [0.4, 0.5) is 34.1 Å². The molecule has 0 N–H and O–H groups in total. The Morgan fingerprint density at radius 3 is 1.51 bits per heavy atom. The minimum absolute atomic E-state index is 0.257. The zero-order valence-corrected chi connectivity index (χ0v) is 35.3. The Hall–Kier alpha value is -7.94. The first-order valence-corrected chi connectivity index (χ1v) is 21.9. The summed E-state index contributed by atoms with van der Waals surface area (Å²) in [5.74, 6) is 0. The molecule has 12 rings (SSSR count). The summed E-state index contributed by atoms with van der Waals surface area (Å²) in [6.45, 7) is 4.76. The van der Waals surface area contributed by atoms with Crippen molar-refractivity contribution in [2.45, 2.75) is 19.3 Å². The van der Waals surface area contributed by atoms with E-state index in [1.54, 1.807) is 0 Å². The molecule has 0 unspecified atom stereocenters. The first-order chi connectivity index (χ1) is 31.0. The molecule has 0 aliphatic carbocycles. The van der Waals surface area contributed by atoms with Gasteiger partial charge in [-0.25, -0.2) is 0 Å². The van der Waals surface area contributed by atoms with Crippen LogP contribution < -0.4 is 9.80 Å². The summed E-state index contributed by atoms with van der Waals surface area (Å²) in [4.78, 5) is 5.04. The number of para-hydroxylation sites is 1. The van der Waals surface area contributed by atoms with E-state index < -0.39 is 0 Å². The van der Waals surface area contributed by atoms with Gasteiger partial charge in [0.15, 0.2) is 0 Å². The minimum Gasteiger partial charge on any atom is -0.308 e. The Bertz CT molecular complexity index is 3500. The zero-order valence-electron chi connectivity index (χ0n) is 35.3. The van der Waals surface area contributed by atoms with Crippen molar-refractivity contribution in [2.75, 3.05) is 9.80 Å². The molecule has 1 aliphatic heterocycles. The lowest BCUT2D eigenvalue weighted by Crippen LogP contribution is -2.31. The normalized spacial score (nSPS) is 13.0. The van der Waals surface area contributed by atoms with Crippen LogP contribution in [0.1, 0.15) is 25.0 Å². The maximum absolute atomic E-state index is 2.55. The number of rotatable bonds is 6. The molecule has 0 saturated heterocycles. The molecular weight excluding hydrogens is 761 g/mol. The van der Waals surface area contributed by atoms with Crippen LogP contribution >= 0.6 is 0 Å². The van der Waals surface area contributed by atoms with E-state index in [0.717, 1.165) is 22.7 Å². The fraction of sp³-hybridized carbons (Fsp3) is 0.0492. The van der Waals surface area contributed by atoms with Crippen LogP contribution in [0, 0.1) is 0 Å². The molecule has 0 atom stereocenters. The second kappa shape index (κ2) is 14.6. The number of hydrogen-bond donors (Lipinski definition) is 0. The standard InChI is InChI=1S/C61H44N2/c1-61(2)55-27-15-16-28-57(55)63(58-37-32-45(39-56(58)61)42-19-7-4-8-20-42)60-48-22-10-9-21-44(48)31-38-59(60)62(46-33-29-43(30-34-46)41-17-5-3-6-18-41)47-35-36-53-51-25-12-11-23-49(51)50-24-13-14-26-52(50)54(53)40-47/h3-40H,1-2H3. The first kappa shape index (κ1) is 36.9. The molecule has 11 aromatic rings. The smallest absolute Gasteiger partial charge is 0.0781 e. The van der Waals surface area contributed by atoms with Crippen LogP contribution in [0.3, 0.4) is 0 Å². The van der Waals surface area contributed by atoms with Gasteiger partial charge in [-0.2, -0.15) is 0 Å². The molecule has 0 spiro atoms. The fourth-order valence-corrected chi connectivity index (χ4v) is 10.3. The van der Waals surface area contributed by atoms with Crippen molar-refractivity contribution in [1.29, 1.82) is 0 Å². The van der Waals surface area contributed by atoms with Gasteiger partial charge in [-0.1, -0.05) is 196 Å². The van der Waals surface area contributed by atoms with E-state index in [9.17, 15) is 0 Å². The van der Waals surface area contributed by atoms with Crippen molar-refractivity contribution in [3.63, 3.8) is 0 Å². The monoisotopic (exact) mass is 804 g/mol. The number of nitrogens with zero attached hydrogens (tertiary/aromatic N) is 2. The van der Waals surface area contributed by atoms with E-state index in [1.807, 2.05) is 0 Å². The minimum atomic E-state index is -0.257. The van der Waals surface area contributed by atoms with Gasteiger partial charge in [-0.15, -0.1) is 0 Å². The van der Waals surface area contributed by atoms with Gasteiger partial charge in [-0.05, 0) is 120 Å². The Balaban J connectivity index is 1.16. The highest BCUT2D eigenvalue weighted by atomic mass is 15.2. The molecule has 0 radical (unpaired) electrons. The van der Waals surface area contributed by atoms with Crippen LogP contribution in [-0.4, -0.2) is 0 Å². The molecule has 0 aromatic heterocycles. The zero-order chi connectivity index (χ0) is 42.1. The van der Waals surface area contributed by atoms with Crippen LogP contribution in [0.2, 0.25) is 0 Å². The molecule has 0 saturated carbocycles. The van der Waals surface area contributed by atoms with Gasteiger partial charge in [0.1, 0.15) is 0 Å². The number of fused-ring (bicyclic) bond motifs is 9. The van der Waals surface area contributed by atoms with Crippen molar-refractivity contribution in [3.8, 4) is 22.3 Å². The highest BCUT2D eigenvalue weighted by Gasteiger charge is 2.39. The summed E-state index contributed by atoms with van der Waals surface area (Å²) >= 11 is 0. The van der Waals surface area contributed by atoms with Crippen molar-refractivity contribution >= 4 is 77.2 Å². The first-order valence-electron chi connectivity index (χ1n) is 21.9. The lowest BCUT2D eigenvalue weighted by atomic mass is 9.72. The Kier molecular flexibility index (Phi) is 8.55. The van der Waals surface area contributed by atoms with Crippen LogP contribution in [0.5, 0.6) is 0 Å². The van der Waals surface area contributed by atoms with Gasteiger partial charge in [-0.3, -0.25) is 0 Å². The average Bonchev–Trinajstić information content (AvgIpc) is 3.35. The van der Waals surface area contributed by atoms with E-state index in [0.29, 0.717) is 0 Å². The number of anilines is 6. The second-order valence-electron chi connectivity index (χ2n) is 17.3. The molecule has 63 heavy (non-hydrogen) atoms. The average molecular weight is 805 g/mol. The second-order valence-corrected chi connectivity index (χ2v) is 17.3. The Morgan fingerprint density at radius 2 is 0.825 bits per heavy atom. The summed E-state index contributed by atoms with van der Waals surface area (Å²) < 4.78 is 0. The van der Waals surface area contributed by atoms with Crippen molar-refractivity contribution < 1.29 is 0 Å². The molecule has 2 heteroatoms. The molecule has 298 valence electrons. The van der Waals surface area contributed by atoms with Gasteiger partial charge in [0.25, 0.3) is 0 Å². The number of hydrogen-bond acceptors (Lipinski definition) is 2. The van der Waals surface area contributed by atoms with Crippen molar-refractivity contribution in [3.05, 3.63) is 242 Å². The van der Waals surface area contributed by atoms with E-state index in [2.05, 4.69) is 254 Å². The van der Waals surface area contributed by atoms with Crippen molar-refractivity contribution in [2.24, 2.45) is 0 Å². The van der Waals surface area contributed by atoms with Crippen LogP contribution in [0.25, 0.3) is 65.3 Å². The lowest BCUT2D eigenvalue weighted by Gasteiger charge is -2.44. The van der Waals surface area contributed by atoms with Gasteiger partial charge >= 0.3 is 0 Å². The maximum atomic E-state index is 2.55. The quantitative estimate of drug-likeness (QED) is 0.155. The van der Waals surface area contributed by atoms with Gasteiger partial charge in [0.05, 0.1) is 22.7 Å². The van der Waals surface area contributed by atoms with E-state index in [1.165, 1.54) is 87.8 Å². The molecule has 11 aromatic carbocycles. The molecule has 0 fully saturated rings. The molecule has 2 nitrogen and oxygen atoms in total. The van der Waals surface area contributed by atoms with Gasteiger partial charge in [0, 0.05) is 22.2 Å². The maximum Gasteiger partial charge on any atom is 0.0781 e. The molecule has 0 amide bonds. The van der Waals surface area contributed by atoms with Crippen molar-refractivity contribution in [1.82, 2.24) is 0 Å². The summed E-state index contributed by atoms with van der Waals surface area (Å²) in [7, 11) is 0. The summed E-state index contributed by atoms with van der Waals surface area (Å²) in [6, 6.07) is 84.9. The van der Waals surface area contributed by atoms with E-state index in [4.69, 9.17) is 0 Å². The Labute approximate surface area is 368 Å². The topological polar surface area (TPSA) is 6.48 Å². The van der Waals surface area contributed by atoms with E-state index in [-0.39, 0.29) is 5.41 Å². The number of benzene rings is 11. The summed E-state index contributed by atoms with van der Waals surface area (Å²) in [5.41, 5.74) is 13.9. The summed E-state index contributed by atoms with van der Waals surface area (Å²) in [6.07, 6.45) is 0. The van der Waals surface area contributed by atoms with Gasteiger partial charge < -0.3 is 9.80 Å². The molecular formula is C61H44N2. The largest absolute Gasteiger partial charge is 0.308 e. The van der Waals surface area contributed by atoms with Crippen LogP contribution in [-0.2, 0) is 5.41 Å². The van der Waals surface area contributed by atoms with Gasteiger partial charge in [0.2, 0.25) is 0 Å². The predicted octanol–water partition coefficient (Wildman–Crippen LogP) is 17.2. The highest BCUT2D eigenvalue weighted by molar-refractivity contribution is 6.26. The third kappa shape index (κ3) is 5.94. The summed E-state index contributed by atoms with van der Waals surface area (Å²) in [5, 5.41) is 9.92. The van der Waals surface area contributed by atoms with Crippen LogP contribution in [0.15, 0.2) is 231 Å². The highest BCUT2D eigenvalue weighted by Crippen LogP contribution is 2.57. The lowest BCUT2D eigenvalue weighted by molar-refractivity contribution is 0.632. The molecule has 0 bridgehead atoms. The third-order valence-corrected chi connectivity index (χ3v) is 13.4. The Morgan fingerprint density at radius 1 is 0.333 bits per heavy atom. The SMILES string of the molecule is CC1(C)c2ccccc2N(c2c(N(c3ccc(-c4ccccc4)cc3)c3ccc4c5ccccc5c5ccccc5c4c3)ccc3ccccc23)c2ccc(-c3ccccc3)cc21. The predicted molar refractivity (Wildman–Crippen MR) is 269 cm³/mol. The third-order valence-electron chi connectivity index (χ3n) is 13.4. The molecule has 1 aliphatic rings. The fourth-order valence-electron chi connectivity index (χ4n) is 10.3. The molecule has 1 heterocycles. The van der Waals surface area contributed by atoms with E-state index >= 15 is 0 Å².